The molecule has 0 atom stereocenters. The Balaban J connectivity index is 2.49. The van der Waals surface area contributed by atoms with Crippen molar-refractivity contribution in [3.63, 3.8) is 0 Å². The number of ether oxygens (including phenoxy) is 2. The van der Waals surface area contributed by atoms with E-state index in [0.29, 0.717) is 33.9 Å². The quantitative estimate of drug-likeness (QED) is 0.703. The summed E-state index contributed by atoms with van der Waals surface area (Å²) < 4.78 is 11.1. The molecule has 0 aliphatic heterocycles. The van der Waals surface area contributed by atoms with Gasteiger partial charge in [-0.1, -0.05) is 11.6 Å². The van der Waals surface area contributed by atoms with Crippen molar-refractivity contribution in [2.24, 2.45) is 0 Å². The van der Waals surface area contributed by atoms with Gasteiger partial charge in [0.2, 0.25) is 5.91 Å². The topological polar surface area (TPSA) is 67.9 Å². The van der Waals surface area contributed by atoms with E-state index < -0.39 is 11.7 Å². The van der Waals surface area contributed by atoms with Gasteiger partial charge >= 0.3 is 6.09 Å². The van der Waals surface area contributed by atoms with E-state index in [1.54, 1.807) is 19.2 Å². The third-order valence-electron chi connectivity index (χ3n) is 3.12. The number of hydrogen-bond acceptors (Lipinski definition) is 4. The van der Waals surface area contributed by atoms with Crippen molar-refractivity contribution in [1.82, 2.24) is 4.90 Å². The lowest BCUT2D eigenvalue weighted by Crippen LogP contribution is -2.35. The number of nitrogens with zero attached hydrogens (tertiary/aromatic N) is 1. The van der Waals surface area contributed by atoms with Crippen LogP contribution in [-0.4, -0.2) is 43.2 Å². The number of hydrogen-bond donors (Lipinski definition) is 1. The molecule has 0 saturated carbocycles. The highest BCUT2D eigenvalue weighted by molar-refractivity contribution is 9.10. The van der Waals surface area contributed by atoms with Gasteiger partial charge in [0.15, 0.2) is 0 Å². The summed E-state index contributed by atoms with van der Waals surface area (Å²) in [4.78, 5) is 25.4. The first kappa shape index (κ1) is 21.6. The van der Waals surface area contributed by atoms with Crippen LogP contribution in [0.4, 0.5) is 10.5 Å². The standard InChI is InChI=1S/C17H24BrClN2O4/c1-17(2,3)25-16(23)21(4)8-6-7-15(22)20-13-10-14(24-5)11(18)9-12(13)19/h9-10H,6-8H2,1-5H3,(H,20,22). The Bertz CT molecular complexity index is 632. The summed E-state index contributed by atoms with van der Waals surface area (Å²) in [5.74, 6) is 0.383. The normalized spacial score (nSPS) is 11.0. The smallest absolute Gasteiger partial charge is 0.410 e. The van der Waals surface area contributed by atoms with E-state index in [1.807, 2.05) is 20.8 Å². The third kappa shape index (κ3) is 7.52. The largest absolute Gasteiger partial charge is 0.495 e. The van der Waals surface area contributed by atoms with Gasteiger partial charge in [-0.25, -0.2) is 4.79 Å². The van der Waals surface area contributed by atoms with Crippen LogP contribution in [0.1, 0.15) is 33.6 Å². The number of carbonyl (C=O) groups is 2. The molecule has 1 N–H and O–H groups in total. The molecule has 0 aromatic heterocycles. The lowest BCUT2D eigenvalue weighted by molar-refractivity contribution is -0.116. The van der Waals surface area contributed by atoms with Crippen LogP contribution < -0.4 is 10.1 Å². The van der Waals surface area contributed by atoms with Gasteiger partial charge < -0.3 is 19.7 Å². The van der Waals surface area contributed by atoms with Gasteiger partial charge in [0.25, 0.3) is 0 Å². The van der Waals surface area contributed by atoms with Crippen LogP contribution in [0, 0.1) is 0 Å². The van der Waals surface area contributed by atoms with Crippen LogP contribution in [-0.2, 0) is 9.53 Å². The van der Waals surface area contributed by atoms with Crippen molar-refractivity contribution in [3.8, 4) is 5.75 Å². The zero-order chi connectivity index (χ0) is 19.2. The van der Waals surface area contributed by atoms with Crippen molar-refractivity contribution >= 4 is 45.2 Å². The van der Waals surface area contributed by atoms with E-state index in [9.17, 15) is 9.59 Å². The highest BCUT2D eigenvalue weighted by atomic mass is 79.9. The summed E-state index contributed by atoms with van der Waals surface area (Å²) in [7, 11) is 3.18. The van der Waals surface area contributed by atoms with E-state index in [1.165, 1.54) is 12.0 Å². The highest BCUT2D eigenvalue weighted by Crippen LogP contribution is 2.34. The third-order valence-corrected chi connectivity index (χ3v) is 4.05. The van der Waals surface area contributed by atoms with Crippen LogP contribution in [0.2, 0.25) is 5.02 Å². The summed E-state index contributed by atoms with van der Waals surface area (Å²) in [6.07, 6.45) is 0.350. The molecule has 0 unspecified atom stereocenters. The minimum atomic E-state index is -0.542. The van der Waals surface area contributed by atoms with Crippen molar-refractivity contribution in [1.29, 1.82) is 0 Å². The van der Waals surface area contributed by atoms with Gasteiger partial charge in [-0.2, -0.15) is 0 Å². The molecule has 1 rings (SSSR count). The number of rotatable bonds is 6. The van der Waals surface area contributed by atoms with Crippen molar-refractivity contribution in [2.75, 3.05) is 26.0 Å². The van der Waals surface area contributed by atoms with Gasteiger partial charge in [-0.15, -0.1) is 0 Å². The van der Waals surface area contributed by atoms with Gasteiger partial charge in [0, 0.05) is 26.1 Å². The first-order chi connectivity index (χ1) is 11.5. The van der Waals surface area contributed by atoms with Gasteiger partial charge in [-0.3, -0.25) is 4.79 Å². The van der Waals surface area contributed by atoms with Crippen LogP contribution in [0.25, 0.3) is 0 Å². The number of nitrogens with one attached hydrogen (secondary N) is 1. The van der Waals surface area contributed by atoms with E-state index in [0.717, 1.165) is 0 Å². The maximum absolute atomic E-state index is 12.1. The van der Waals surface area contributed by atoms with Crippen LogP contribution in [0.15, 0.2) is 16.6 Å². The molecule has 0 fully saturated rings. The molecule has 0 aliphatic carbocycles. The second-order valence-electron chi connectivity index (χ2n) is 6.52. The molecule has 6 nitrogen and oxygen atoms in total. The second-order valence-corrected chi connectivity index (χ2v) is 7.78. The fourth-order valence-electron chi connectivity index (χ4n) is 1.90. The SMILES string of the molecule is COc1cc(NC(=O)CCCN(C)C(=O)OC(C)(C)C)c(Cl)cc1Br. The Labute approximate surface area is 161 Å². The molecule has 0 radical (unpaired) electrons. The highest BCUT2D eigenvalue weighted by Gasteiger charge is 2.19. The molecule has 2 amide bonds. The summed E-state index contributed by atoms with van der Waals surface area (Å²) in [5, 5.41) is 3.16. The molecule has 8 heteroatoms. The molecular weight excluding hydrogens is 412 g/mol. The molecule has 0 heterocycles. The predicted molar refractivity (Wildman–Crippen MR) is 102 cm³/mol. The molecule has 1 aromatic carbocycles. The number of methoxy groups -OCH3 is 1. The Morgan fingerprint density at radius 3 is 2.52 bits per heavy atom. The number of anilines is 1. The zero-order valence-electron chi connectivity index (χ0n) is 15.1. The molecule has 140 valence electrons. The average molecular weight is 436 g/mol. The molecular formula is C17H24BrClN2O4. The number of amides is 2. The van der Waals surface area contributed by atoms with Crippen LogP contribution >= 0.6 is 27.5 Å². The lowest BCUT2D eigenvalue weighted by atomic mass is 10.2. The molecule has 0 aliphatic rings. The van der Waals surface area contributed by atoms with Crippen molar-refractivity contribution in [3.05, 3.63) is 21.6 Å². The maximum atomic E-state index is 12.1. The average Bonchev–Trinajstić information content (AvgIpc) is 2.48. The summed E-state index contributed by atoms with van der Waals surface area (Å²) in [6, 6.07) is 3.31. The molecule has 0 bridgehead atoms. The van der Waals surface area contributed by atoms with Crippen molar-refractivity contribution < 1.29 is 19.1 Å². The fraction of sp³-hybridized carbons (Fsp3) is 0.529. The Hall–Kier alpha value is -1.47. The summed E-state index contributed by atoms with van der Waals surface area (Å²) in [5.41, 5.74) is -0.0627. The van der Waals surface area contributed by atoms with E-state index in [2.05, 4.69) is 21.2 Å². The minimum absolute atomic E-state index is 0.191. The van der Waals surface area contributed by atoms with Gasteiger partial charge in [-0.05, 0) is 49.2 Å². The maximum Gasteiger partial charge on any atom is 0.410 e. The monoisotopic (exact) mass is 434 g/mol. The first-order valence-electron chi connectivity index (χ1n) is 7.80. The van der Waals surface area contributed by atoms with Crippen LogP contribution in [0.5, 0.6) is 5.75 Å². The lowest BCUT2D eigenvalue weighted by Gasteiger charge is -2.24. The minimum Gasteiger partial charge on any atom is -0.495 e. The first-order valence-corrected chi connectivity index (χ1v) is 8.97. The number of halogens is 2. The molecule has 0 saturated heterocycles. The second kappa shape index (κ2) is 9.29. The molecule has 1 aromatic rings. The zero-order valence-corrected chi connectivity index (χ0v) is 17.5. The summed E-state index contributed by atoms with van der Waals surface area (Å²) in [6.45, 7) is 5.84. The number of benzene rings is 1. The van der Waals surface area contributed by atoms with Gasteiger partial charge in [0.1, 0.15) is 11.4 Å². The van der Waals surface area contributed by atoms with Crippen molar-refractivity contribution in [2.45, 2.75) is 39.2 Å². The van der Waals surface area contributed by atoms with E-state index >= 15 is 0 Å². The summed E-state index contributed by atoms with van der Waals surface area (Å²) >= 11 is 9.45. The Morgan fingerprint density at radius 2 is 1.96 bits per heavy atom. The predicted octanol–water partition coefficient (Wildman–Crippen LogP) is 4.70. The van der Waals surface area contributed by atoms with Gasteiger partial charge in [0.05, 0.1) is 22.3 Å². The molecule has 0 spiro atoms. The Morgan fingerprint density at radius 1 is 1.32 bits per heavy atom. The van der Waals surface area contributed by atoms with E-state index in [-0.39, 0.29) is 12.3 Å². The number of carbonyl (C=O) groups excluding carboxylic acids is 2. The fourth-order valence-corrected chi connectivity index (χ4v) is 2.75. The Kier molecular flexibility index (Phi) is 8.02. The van der Waals surface area contributed by atoms with E-state index in [4.69, 9.17) is 21.1 Å². The molecule has 25 heavy (non-hydrogen) atoms. The van der Waals surface area contributed by atoms with Crippen LogP contribution in [0.3, 0.4) is 0 Å².